The Balaban J connectivity index is 3.81. The number of hydrogen-bond acceptors (Lipinski definition) is 4. The van der Waals surface area contributed by atoms with Gasteiger partial charge in [0.1, 0.15) is 11.4 Å². The highest BCUT2D eigenvalue weighted by Crippen LogP contribution is 2.09. The Kier molecular flexibility index (Phi) is 4.77. The number of nitrogens with two attached hydrogens (primary N) is 1. The molecule has 0 aromatic rings. The summed E-state index contributed by atoms with van der Waals surface area (Å²) in [6.45, 7) is 6.82. The SMILES string of the molecule is CC(=O)C(N)CCC(=O)OC(C)(C)C. The summed E-state index contributed by atoms with van der Waals surface area (Å²) < 4.78 is 5.06. The molecule has 0 aliphatic heterocycles. The van der Waals surface area contributed by atoms with E-state index in [0.29, 0.717) is 6.42 Å². The topological polar surface area (TPSA) is 69.4 Å². The Morgan fingerprint density at radius 3 is 2.21 bits per heavy atom. The molecular weight excluding hydrogens is 182 g/mol. The first kappa shape index (κ1) is 13.1. The largest absolute Gasteiger partial charge is 0.460 e. The number of carbonyl (C=O) groups is 2. The lowest BCUT2D eigenvalue weighted by Crippen LogP contribution is -2.30. The van der Waals surface area contributed by atoms with E-state index in [1.807, 2.05) is 0 Å². The second-order valence-electron chi connectivity index (χ2n) is 4.34. The van der Waals surface area contributed by atoms with E-state index in [0.717, 1.165) is 0 Å². The highest BCUT2D eigenvalue weighted by molar-refractivity contribution is 5.81. The lowest BCUT2D eigenvalue weighted by Gasteiger charge is -2.19. The van der Waals surface area contributed by atoms with Crippen molar-refractivity contribution in [1.82, 2.24) is 0 Å². The first-order valence-electron chi connectivity index (χ1n) is 4.70. The normalized spacial score (nSPS) is 13.5. The van der Waals surface area contributed by atoms with Crippen molar-refractivity contribution in [2.45, 2.75) is 52.2 Å². The fourth-order valence-electron chi connectivity index (χ4n) is 0.869. The minimum absolute atomic E-state index is 0.103. The van der Waals surface area contributed by atoms with Crippen molar-refractivity contribution in [1.29, 1.82) is 0 Å². The molecule has 0 fully saturated rings. The minimum atomic E-state index is -0.553. The molecule has 0 saturated carbocycles. The Hall–Kier alpha value is -0.900. The molecule has 1 atom stereocenters. The molecule has 1 unspecified atom stereocenters. The van der Waals surface area contributed by atoms with Gasteiger partial charge in [-0.1, -0.05) is 0 Å². The third-order valence-corrected chi connectivity index (χ3v) is 1.60. The van der Waals surface area contributed by atoms with Crippen LogP contribution in [0, 0.1) is 0 Å². The van der Waals surface area contributed by atoms with Crippen LogP contribution >= 0.6 is 0 Å². The summed E-state index contributed by atoms with van der Waals surface area (Å²) in [6.07, 6.45) is 0.544. The van der Waals surface area contributed by atoms with Crippen LogP contribution < -0.4 is 5.73 Å². The van der Waals surface area contributed by atoms with E-state index in [4.69, 9.17) is 10.5 Å². The summed E-state index contributed by atoms with van der Waals surface area (Å²) in [5.41, 5.74) is 5.00. The first-order valence-corrected chi connectivity index (χ1v) is 4.70. The van der Waals surface area contributed by atoms with Crippen molar-refractivity contribution in [3.05, 3.63) is 0 Å². The molecule has 0 amide bonds. The van der Waals surface area contributed by atoms with Gasteiger partial charge in [0.25, 0.3) is 0 Å². The molecule has 4 heteroatoms. The maximum atomic E-state index is 11.2. The molecule has 0 radical (unpaired) electrons. The van der Waals surface area contributed by atoms with Crippen LogP contribution in [0.15, 0.2) is 0 Å². The van der Waals surface area contributed by atoms with E-state index >= 15 is 0 Å². The van der Waals surface area contributed by atoms with Crippen LogP contribution in [-0.4, -0.2) is 23.4 Å². The molecule has 0 heterocycles. The third-order valence-electron chi connectivity index (χ3n) is 1.60. The predicted molar refractivity (Wildman–Crippen MR) is 53.7 cm³/mol. The van der Waals surface area contributed by atoms with E-state index in [9.17, 15) is 9.59 Å². The summed E-state index contributed by atoms with van der Waals surface area (Å²) in [5.74, 6) is -0.414. The van der Waals surface area contributed by atoms with Crippen LogP contribution in [0.2, 0.25) is 0 Å². The Morgan fingerprint density at radius 1 is 1.36 bits per heavy atom. The molecule has 0 spiro atoms. The van der Waals surface area contributed by atoms with Gasteiger partial charge in [-0.25, -0.2) is 0 Å². The van der Waals surface area contributed by atoms with Gasteiger partial charge in [0.2, 0.25) is 0 Å². The predicted octanol–water partition coefficient (Wildman–Crippen LogP) is 1.02. The van der Waals surface area contributed by atoms with Gasteiger partial charge < -0.3 is 10.5 Å². The van der Waals surface area contributed by atoms with E-state index in [1.54, 1.807) is 20.8 Å². The van der Waals surface area contributed by atoms with Gasteiger partial charge >= 0.3 is 5.97 Å². The number of esters is 1. The van der Waals surface area contributed by atoms with Crippen molar-refractivity contribution in [3.8, 4) is 0 Å². The van der Waals surface area contributed by atoms with E-state index < -0.39 is 11.6 Å². The fraction of sp³-hybridized carbons (Fsp3) is 0.800. The summed E-state index contributed by atoms with van der Waals surface area (Å²) in [6, 6.07) is -0.553. The smallest absolute Gasteiger partial charge is 0.306 e. The molecule has 0 rings (SSSR count). The molecule has 4 nitrogen and oxygen atoms in total. The number of ether oxygens (including phenoxy) is 1. The van der Waals surface area contributed by atoms with Crippen LogP contribution in [0.3, 0.4) is 0 Å². The maximum Gasteiger partial charge on any atom is 0.306 e. The molecule has 0 bridgehead atoms. The van der Waals surface area contributed by atoms with Crippen LogP contribution in [0.5, 0.6) is 0 Å². The van der Waals surface area contributed by atoms with Gasteiger partial charge in [-0.05, 0) is 34.1 Å². The van der Waals surface area contributed by atoms with Crippen LogP contribution in [-0.2, 0) is 14.3 Å². The lowest BCUT2D eigenvalue weighted by molar-refractivity contribution is -0.155. The zero-order chi connectivity index (χ0) is 11.4. The number of rotatable bonds is 4. The minimum Gasteiger partial charge on any atom is -0.460 e. The molecule has 2 N–H and O–H groups in total. The Bertz CT molecular complexity index is 218. The lowest BCUT2D eigenvalue weighted by atomic mass is 10.1. The maximum absolute atomic E-state index is 11.2. The van der Waals surface area contributed by atoms with Crippen molar-refractivity contribution in [2.24, 2.45) is 5.73 Å². The van der Waals surface area contributed by atoms with Gasteiger partial charge in [0, 0.05) is 6.42 Å². The summed E-state index contributed by atoms with van der Waals surface area (Å²) in [4.78, 5) is 22.0. The molecule has 0 aromatic heterocycles. The van der Waals surface area contributed by atoms with Crippen molar-refractivity contribution in [3.63, 3.8) is 0 Å². The highest BCUT2D eigenvalue weighted by Gasteiger charge is 2.17. The number of ketones is 1. The van der Waals surface area contributed by atoms with Crippen molar-refractivity contribution in [2.75, 3.05) is 0 Å². The van der Waals surface area contributed by atoms with Gasteiger partial charge in [-0.2, -0.15) is 0 Å². The fourth-order valence-corrected chi connectivity index (χ4v) is 0.869. The second kappa shape index (κ2) is 5.10. The molecule has 0 aliphatic carbocycles. The molecule has 14 heavy (non-hydrogen) atoms. The number of hydrogen-bond donors (Lipinski definition) is 1. The monoisotopic (exact) mass is 201 g/mol. The first-order chi connectivity index (χ1) is 6.22. The second-order valence-corrected chi connectivity index (χ2v) is 4.34. The summed E-state index contributed by atoms with van der Waals surface area (Å²) >= 11 is 0. The Morgan fingerprint density at radius 2 is 1.86 bits per heavy atom. The average molecular weight is 201 g/mol. The number of Topliss-reactive ketones (excluding diaryl/α,β-unsaturated/α-hetero) is 1. The zero-order valence-corrected chi connectivity index (χ0v) is 9.29. The van der Waals surface area contributed by atoms with Crippen LogP contribution in [0.25, 0.3) is 0 Å². The number of carbonyl (C=O) groups excluding carboxylic acids is 2. The van der Waals surface area contributed by atoms with Crippen molar-refractivity contribution < 1.29 is 14.3 Å². The Labute approximate surface area is 84.8 Å². The van der Waals surface area contributed by atoms with Gasteiger partial charge in [0.15, 0.2) is 0 Å². The third kappa shape index (κ3) is 6.60. The molecule has 82 valence electrons. The quantitative estimate of drug-likeness (QED) is 0.689. The van der Waals surface area contributed by atoms with E-state index in [1.165, 1.54) is 6.92 Å². The molecule has 0 aromatic carbocycles. The zero-order valence-electron chi connectivity index (χ0n) is 9.29. The molecule has 0 aliphatic rings. The molecular formula is C10H19NO3. The van der Waals surface area contributed by atoms with Crippen LogP contribution in [0.1, 0.15) is 40.5 Å². The van der Waals surface area contributed by atoms with Gasteiger partial charge in [-0.3, -0.25) is 9.59 Å². The van der Waals surface area contributed by atoms with E-state index in [-0.39, 0.29) is 18.2 Å². The van der Waals surface area contributed by atoms with Gasteiger partial charge in [-0.15, -0.1) is 0 Å². The molecule has 0 saturated heterocycles. The summed E-state index contributed by atoms with van der Waals surface area (Å²) in [7, 11) is 0. The summed E-state index contributed by atoms with van der Waals surface area (Å²) in [5, 5.41) is 0. The average Bonchev–Trinajstić information content (AvgIpc) is 1.96. The van der Waals surface area contributed by atoms with Crippen molar-refractivity contribution >= 4 is 11.8 Å². The van der Waals surface area contributed by atoms with Gasteiger partial charge in [0.05, 0.1) is 6.04 Å². The van der Waals surface area contributed by atoms with Crippen LogP contribution in [0.4, 0.5) is 0 Å². The van der Waals surface area contributed by atoms with E-state index in [2.05, 4.69) is 0 Å². The highest BCUT2D eigenvalue weighted by atomic mass is 16.6. The standard InChI is InChI=1S/C10H19NO3/c1-7(12)8(11)5-6-9(13)14-10(2,3)4/h8H,5-6,11H2,1-4H3.